The first-order valence-electron chi connectivity index (χ1n) is 4.93. The summed E-state index contributed by atoms with van der Waals surface area (Å²) < 4.78 is 5.34. The number of nitrogens with one attached hydrogen (secondary N) is 1. The van der Waals surface area contributed by atoms with Gasteiger partial charge in [0, 0.05) is 6.54 Å². The van der Waals surface area contributed by atoms with Crippen LogP contribution >= 0.6 is 0 Å². The van der Waals surface area contributed by atoms with Crippen molar-refractivity contribution in [3.63, 3.8) is 0 Å². The highest BCUT2D eigenvalue weighted by atomic mass is 16.3. The van der Waals surface area contributed by atoms with Crippen molar-refractivity contribution < 1.29 is 4.42 Å². The molecule has 2 rings (SSSR count). The van der Waals surface area contributed by atoms with Crippen LogP contribution in [-0.2, 0) is 6.54 Å². The number of furan rings is 1. The maximum atomic E-state index is 5.34. The maximum Gasteiger partial charge on any atom is 0.120 e. The van der Waals surface area contributed by atoms with Crippen molar-refractivity contribution in [3.8, 4) is 0 Å². The van der Waals surface area contributed by atoms with Gasteiger partial charge >= 0.3 is 0 Å². The van der Waals surface area contributed by atoms with E-state index in [0.717, 1.165) is 18.8 Å². The first-order valence-corrected chi connectivity index (χ1v) is 4.93. The fourth-order valence-corrected chi connectivity index (χ4v) is 1.45. The van der Waals surface area contributed by atoms with E-state index in [1.165, 1.54) is 18.4 Å². The van der Waals surface area contributed by atoms with Gasteiger partial charge in [-0.15, -0.1) is 0 Å². The molecule has 1 aromatic heterocycles. The minimum Gasteiger partial charge on any atom is -0.468 e. The lowest BCUT2D eigenvalue weighted by molar-refractivity contribution is 0.444. The molecule has 0 saturated heterocycles. The molecule has 1 aliphatic rings. The lowest BCUT2D eigenvalue weighted by Crippen LogP contribution is -2.21. The molecule has 1 saturated carbocycles. The molecule has 0 aliphatic heterocycles. The van der Waals surface area contributed by atoms with Crippen molar-refractivity contribution in [3.05, 3.63) is 23.7 Å². The predicted molar refractivity (Wildman–Crippen MR) is 52.5 cm³/mol. The Hall–Kier alpha value is -0.760. The topological polar surface area (TPSA) is 25.2 Å². The number of hydrogen-bond donors (Lipinski definition) is 1. The summed E-state index contributed by atoms with van der Waals surface area (Å²) in [5.74, 6) is 1.07. The lowest BCUT2D eigenvalue weighted by atomic mass is 10.1. The van der Waals surface area contributed by atoms with E-state index in [4.69, 9.17) is 4.42 Å². The molecule has 0 unspecified atom stereocenters. The van der Waals surface area contributed by atoms with Gasteiger partial charge in [0.1, 0.15) is 5.76 Å². The molecule has 1 N–H and O–H groups in total. The fraction of sp³-hybridized carbons (Fsp3) is 0.636. The highest BCUT2D eigenvalue weighted by Gasteiger charge is 2.36. The van der Waals surface area contributed by atoms with Crippen LogP contribution in [0.15, 0.2) is 16.7 Å². The number of rotatable bonds is 4. The van der Waals surface area contributed by atoms with E-state index in [1.54, 1.807) is 6.26 Å². The summed E-state index contributed by atoms with van der Waals surface area (Å²) in [6.45, 7) is 6.40. The SMILES string of the molecule is Cc1ccoc1CNCC1(C)CC1. The third-order valence-electron chi connectivity index (χ3n) is 2.91. The Balaban J connectivity index is 1.77. The van der Waals surface area contributed by atoms with E-state index in [9.17, 15) is 0 Å². The highest BCUT2D eigenvalue weighted by molar-refractivity contribution is 5.14. The molecule has 0 atom stereocenters. The molecule has 13 heavy (non-hydrogen) atoms. The zero-order chi connectivity index (χ0) is 9.31. The third kappa shape index (κ3) is 2.13. The van der Waals surface area contributed by atoms with Gasteiger partial charge < -0.3 is 9.73 Å². The van der Waals surface area contributed by atoms with Crippen LogP contribution in [-0.4, -0.2) is 6.54 Å². The summed E-state index contributed by atoms with van der Waals surface area (Å²) >= 11 is 0. The van der Waals surface area contributed by atoms with Crippen molar-refractivity contribution in [1.82, 2.24) is 5.32 Å². The lowest BCUT2D eigenvalue weighted by Gasteiger charge is -2.08. The second-order valence-electron chi connectivity index (χ2n) is 4.44. The van der Waals surface area contributed by atoms with Crippen molar-refractivity contribution in [2.45, 2.75) is 33.2 Å². The van der Waals surface area contributed by atoms with Crippen molar-refractivity contribution in [2.24, 2.45) is 5.41 Å². The van der Waals surface area contributed by atoms with Crippen LogP contribution in [0.25, 0.3) is 0 Å². The molecular formula is C11H17NO. The number of hydrogen-bond acceptors (Lipinski definition) is 2. The Kier molecular flexibility index (Phi) is 2.16. The van der Waals surface area contributed by atoms with Crippen LogP contribution in [0.2, 0.25) is 0 Å². The fourth-order valence-electron chi connectivity index (χ4n) is 1.45. The van der Waals surface area contributed by atoms with E-state index < -0.39 is 0 Å². The predicted octanol–water partition coefficient (Wildman–Crippen LogP) is 2.48. The van der Waals surface area contributed by atoms with E-state index >= 15 is 0 Å². The summed E-state index contributed by atoms with van der Waals surface area (Å²) in [6.07, 6.45) is 4.50. The Bertz CT molecular complexity index is 286. The molecule has 2 nitrogen and oxygen atoms in total. The molecule has 0 bridgehead atoms. The second kappa shape index (κ2) is 3.18. The van der Waals surface area contributed by atoms with Crippen molar-refractivity contribution in [1.29, 1.82) is 0 Å². The smallest absolute Gasteiger partial charge is 0.120 e. The van der Waals surface area contributed by atoms with Gasteiger partial charge in [-0.3, -0.25) is 0 Å². The molecular weight excluding hydrogens is 162 g/mol. The Morgan fingerprint density at radius 1 is 1.54 bits per heavy atom. The van der Waals surface area contributed by atoms with E-state index in [-0.39, 0.29) is 0 Å². The van der Waals surface area contributed by atoms with E-state index in [1.807, 2.05) is 6.07 Å². The zero-order valence-corrected chi connectivity index (χ0v) is 8.39. The Labute approximate surface area is 79.3 Å². The quantitative estimate of drug-likeness (QED) is 0.768. The summed E-state index contributed by atoms with van der Waals surface area (Å²) in [4.78, 5) is 0. The van der Waals surface area contributed by atoms with Gasteiger partial charge in [0.15, 0.2) is 0 Å². The summed E-state index contributed by atoms with van der Waals surface area (Å²) in [7, 11) is 0. The second-order valence-corrected chi connectivity index (χ2v) is 4.44. The average molecular weight is 179 g/mol. The molecule has 0 spiro atoms. The molecule has 0 radical (unpaired) electrons. The molecule has 72 valence electrons. The van der Waals surface area contributed by atoms with Crippen LogP contribution < -0.4 is 5.32 Å². The Morgan fingerprint density at radius 3 is 2.85 bits per heavy atom. The van der Waals surface area contributed by atoms with Crippen LogP contribution in [0.4, 0.5) is 0 Å². The normalized spacial score (nSPS) is 18.9. The van der Waals surface area contributed by atoms with Gasteiger partial charge in [-0.2, -0.15) is 0 Å². The molecule has 1 heterocycles. The largest absolute Gasteiger partial charge is 0.468 e. The van der Waals surface area contributed by atoms with E-state index in [2.05, 4.69) is 19.2 Å². The van der Waals surface area contributed by atoms with Crippen molar-refractivity contribution in [2.75, 3.05) is 6.54 Å². The maximum absolute atomic E-state index is 5.34. The third-order valence-corrected chi connectivity index (χ3v) is 2.91. The zero-order valence-electron chi connectivity index (χ0n) is 8.39. The molecule has 1 aliphatic carbocycles. The highest BCUT2D eigenvalue weighted by Crippen LogP contribution is 2.44. The van der Waals surface area contributed by atoms with Crippen molar-refractivity contribution >= 4 is 0 Å². The molecule has 1 aromatic rings. The van der Waals surface area contributed by atoms with Crippen LogP contribution in [0.3, 0.4) is 0 Å². The van der Waals surface area contributed by atoms with Gasteiger partial charge in [0.2, 0.25) is 0 Å². The number of aryl methyl sites for hydroxylation is 1. The molecule has 0 aromatic carbocycles. The standard InChI is InChI=1S/C11H17NO/c1-9-3-6-13-10(9)7-12-8-11(2)4-5-11/h3,6,12H,4-5,7-8H2,1-2H3. The minimum absolute atomic E-state index is 0.584. The first kappa shape index (κ1) is 8.82. The summed E-state index contributed by atoms with van der Waals surface area (Å²) in [5, 5.41) is 3.44. The van der Waals surface area contributed by atoms with Crippen LogP contribution in [0.5, 0.6) is 0 Å². The van der Waals surface area contributed by atoms with Gasteiger partial charge in [-0.25, -0.2) is 0 Å². The van der Waals surface area contributed by atoms with Crippen LogP contribution in [0, 0.1) is 12.3 Å². The first-order chi connectivity index (χ1) is 6.20. The molecule has 1 fully saturated rings. The average Bonchev–Trinajstić information content (AvgIpc) is 2.68. The Morgan fingerprint density at radius 2 is 2.31 bits per heavy atom. The minimum atomic E-state index is 0.584. The van der Waals surface area contributed by atoms with Crippen LogP contribution in [0.1, 0.15) is 31.1 Å². The monoisotopic (exact) mass is 179 g/mol. The van der Waals surface area contributed by atoms with Gasteiger partial charge in [0.05, 0.1) is 12.8 Å². The molecule has 0 amide bonds. The summed E-state index contributed by atoms with van der Waals surface area (Å²) in [5.41, 5.74) is 1.83. The molecule has 2 heteroatoms. The van der Waals surface area contributed by atoms with Gasteiger partial charge in [-0.1, -0.05) is 6.92 Å². The van der Waals surface area contributed by atoms with Gasteiger partial charge in [-0.05, 0) is 36.8 Å². The summed E-state index contributed by atoms with van der Waals surface area (Å²) in [6, 6.07) is 2.01. The van der Waals surface area contributed by atoms with Gasteiger partial charge in [0.25, 0.3) is 0 Å². The van der Waals surface area contributed by atoms with E-state index in [0.29, 0.717) is 5.41 Å².